The Bertz CT molecular complexity index is 984. The molecule has 3 atom stereocenters. The molecule has 1 aliphatic rings. The molecular formula is C24H28FNO5. The lowest BCUT2D eigenvalue weighted by molar-refractivity contribution is -0.968. The minimum atomic E-state index is -1.53. The SMILES string of the molecule is CC(C)(C)[N+]1(C(=O)[O-])[C@@H](c2ccc(OCc3ccccc3F)cc2)CC[C@@]1(C)C(=O)O. The van der Waals surface area contributed by atoms with E-state index in [2.05, 4.69) is 0 Å². The van der Waals surface area contributed by atoms with Gasteiger partial charge in [-0.05, 0) is 51.1 Å². The van der Waals surface area contributed by atoms with Gasteiger partial charge in [0.25, 0.3) is 6.09 Å². The van der Waals surface area contributed by atoms with Crippen molar-refractivity contribution in [1.29, 1.82) is 0 Å². The number of quaternary nitrogens is 1. The minimum absolute atomic E-state index is 0.0631. The molecule has 1 aliphatic heterocycles. The predicted octanol–water partition coefficient (Wildman–Crippen LogP) is 4.04. The van der Waals surface area contributed by atoms with Gasteiger partial charge in [-0.3, -0.25) is 4.48 Å². The molecular weight excluding hydrogens is 401 g/mol. The molecule has 7 heteroatoms. The number of halogens is 1. The van der Waals surface area contributed by atoms with Crippen molar-refractivity contribution in [2.24, 2.45) is 0 Å². The van der Waals surface area contributed by atoms with Crippen molar-refractivity contribution < 1.29 is 33.4 Å². The molecule has 166 valence electrons. The Morgan fingerprint density at radius 2 is 1.81 bits per heavy atom. The normalized spacial score (nSPS) is 25.9. The van der Waals surface area contributed by atoms with Gasteiger partial charge in [0, 0.05) is 30.9 Å². The highest BCUT2D eigenvalue weighted by Gasteiger charge is 2.68. The first-order valence-corrected chi connectivity index (χ1v) is 10.2. The second-order valence-corrected chi connectivity index (χ2v) is 9.24. The van der Waals surface area contributed by atoms with Gasteiger partial charge in [0.2, 0.25) is 5.54 Å². The number of likely N-dealkylation sites (tertiary alicyclic amines) is 1. The van der Waals surface area contributed by atoms with Gasteiger partial charge in [-0.25, -0.2) is 9.18 Å². The highest BCUT2D eigenvalue weighted by Crippen LogP contribution is 2.54. The van der Waals surface area contributed by atoms with Gasteiger partial charge in [-0.2, -0.15) is 0 Å². The molecule has 1 heterocycles. The van der Waals surface area contributed by atoms with Crippen LogP contribution < -0.4 is 9.84 Å². The first-order valence-electron chi connectivity index (χ1n) is 10.2. The fourth-order valence-electron chi connectivity index (χ4n) is 5.15. The van der Waals surface area contributed by atoms with E-state index < -0.39 is 33.7 Å². The second-order valence-electron chi connectivity index (χ2n) is 9.24. The molecule has 1 amide bonds. The standard InChI is InChI=1S/C24H28FNO5/c1-23(2,3)26(22(29)30)20(13-14-24(26,4)21(27)28)16-9-11-18(12-10-16)31-15-17-7-5-6-8-19(17)25/h5-12,20H,13-15H2,1-4H3,(H-,27,28,29,30)/t20-,24+,26?/m1/s1. The van der Waals surface area contributed by atoms with Gasteiger partial charge < -0.3 is 19.7 Å². The Hall–Kier alpha value is -2.93. The van der Waals surface area contributed by atoms with Crippen LogP contribution in [0.25, 0.3) is 0 Å². The summed E-state index contributed by atoms with van der Waals surface area (Å²) >= 11 is 0. The maximum absolute atomic E-state index is 13.8. The molecule has 3 rings (SSSR count). The van der Waals surface area contributed by atoms with E-state index in [1.54, 1.807) is 63.2 Å². The van der Waals surface area contributed by atoms with Crippen molar-refractivity contribution in [2.45, 2.75) is 64.3 Å². The van der Waals surface area contributed by atoms with E-state index in [4.69, 9.17) is 4.74 Å². The van der Waals surface area contributed by atoms with E-state index in [1.165, 1.54) is 13.0 Å². The average molecular weight is 429 g/mol. The minimum Gasteiger partial charge on any atom is -0.498 e. The number of nitrogens with zero attached hydrogens (tertiary/aromatic N) is 1. The van der Waals surface area contributed by atoms with Crippen LogP contribution in [0.2, 0.25) is 0 Å². The molecule has 6 nitrogen and oxygen atoms in total. The van der Waals surface area contributed by atoms with Crippen molar-refractivity contribution in [1.82, 2.24) is 0 Å². The van der Waals surface area contributed by atoms with Crippen molar-refractivity contribution in [3.05, 3.63) is 65.5 Å². The Morgan fingerprint density at radius 3 is 2.32 bits per heavy atom. The number of carbonyl (C=O) groups is 2. The van der Waals surface area contributed by atoms with E-state index in [-0.39, 0.29) is 18.8 Å². The summed E-state index contributed by atoms with van der Waals surface area (Å²) in [6, 6.07) is 12.6. The van der Waals surface area contributed by atoms with Crippen LogP contribution in [0.15, 0.2) is 48.5 Å². The zero-order valence-electron chi connectivity index (χ0n) is 18.2. The fourth-order valence-corrected chi connectivity index (χ4v) is 5.15. The number of carboxylic acid groups (broad SMARTS) is 2. The first kappa shape index (κ1) is 22.7. The van der Waals surface area contributed by atoms with Gasteiger partial charge in [-0.1, -0.05) is 18.2 Å². The predicted molar refractivity (Wildman–Crippen MR) is 111 cm³/mol. The molecule has 0 radical (unpaired) electrons. The van der Waals surface area contributed by atoms with Gasteiger partial charge >= 0.3 is 5.97 Å². The van der Waals surface area contributed by atoms with Crippen LogP contribution in [0, 0.1) is 5.82 Å². The summed E-state index contributed by atoms with van der Waals surface area (Å²) in [5.74, 6) is -0.994. The van der Waals surface area contributed by atoms with Crippen LogP contribution in [-0.4, -0.2) is 32.7 Å². The lowest BCUT2D eigenvalue weighted by Crippen LogP contribution is -2.76. The van der Waals surface area contributed by atoms with Crippen molar-refractivity contribution in [2.75, 3.05) is 0 Å². The summed E-state index contributed by atoms with van der Waals surface area (Å²) < 4.78 is 18.7. The number of benzene rings is 2. The maximum Gasteiger partial charge on any atom is 0.365 e. The second kappa shape index (κ2) is 7.96. The summed E-state index contributed by atoms with van der Waals surface area (Å²) in [5, 5.41) is 22.5. The molecule has 31 heavy (non-hydrogen) atoms. The third-order valence-electron chi connectivity index (χ3n) is 6.57. The number of aliphatic carboxylic acids is 1. The lowest BCUT2D eigenvalue weighted by Gasteiger charge is -2.55. The Morgan fingerprint density at radius 1 is 1.19 bits per heavy atom. The number of carbonyl (C=O) groups excluding carboxylic acids is 1. The molecule has 1 saturated heterocycles. The zero-order chi connectivity index (χ0) is 23.0. The van der Waals surface area contributed by atoms with E-state index in [0.717, 1.165) is 0 Å². The van der Waals surface area contributed by atoms with Crippen LogP contribution in [0.1, 0.15) is 57.7 Å². The molecule has 0 bridgehead atoms. The van der Waals surface area contributed by atoms with Gasteiger partial charge in [0.1, 0.15) is 24.2 Å². The van der Waals surface area contributed by atoms with Crippen molar-refractivity contribution in [3.8, 4) is 5.75 Å². The number of rotatable bonds is 5. The maximum atomic E-state index is 13.8. The van der Waals surface area contributed by atoms with Gasteiger partial charge in [0.15, 0.2) is 0 Å². The molecule has 1 N–H and O–H groups in total. The third-order valence-corrected chi connectivity index (χ3v) is 6.57. The summed E-state index contributed by atoms with van der Waals surface area (Å²) in [4.78, 5) is 24.8. The van der Waals surface area contributed by atoms with Crippen LogP contribution in [0.5, 0.6) is 5.75 Å². The van der Waals surface area contributed by atoms with Crippen LogP contribution >= 0.6 is 0 Å². The quantitative estimate of drug-likeness (QED) is 0.725. The van der Waals surface area contributed by atoms with E-state index in [0.29, 0.717) is 23.3 Å². The monoisotopic (exact) mass is 429 g/mol. The third kappa shape index (κ3) is 3.57. The van der Waals surface area contributed by atoms with Crippen LogP contribution in [0.3, 0.4) is 0 Å². The number of carboxylic acids is 1. The number of hydrogen-bond donors (Lipinski definition) is 1. The summed E-state index contributed by atoms with van der Waals surface area (Å²) in [7, 11) is 0. The highest BCUT2D eigenvalue weighted by atomic mass is 19.1. The molecule has 2 aromatic rings. The molecule has 0 aliphatic carbocycles. The molecule has 2 aromatic carbocycles. The summed E-state index contributed by atoms with van der Waals surface area (Å²) in [6.45, 7) is 6.74. The lowest BCUT2D eigenvalue weighted by atomic mass is 9.88. The highest BCUT2D eigenvalue weighted by molar-refractivity contribution is 5.80. The Balaban J connectivity index is 1.93. The molecule has 1 fully saturated rings. The summed E-state index contributed by atoms with van der Waals surface area (Å²) in [5.41, 5.74) is -1.32. The van der Waals surface area contributed by atoms with E-state index in [9.17, 15) is 24.2 Å². The Labute approximate surface area is 181 Å². The average Bonchev–Trinajstić information content (AvgIpc) is 3.03. The summed E-state index contributed by atoms with van der Waals surface area (Å²) in [6.07, 6.45) is -0.799. The topological polar surface area (TPSA) is 86.7 Å². The molecule has 0 saturated carbocycles. The number of hydrogen-bond acceptors (Lipinski definition) is 4. The van der Waals surface area contributed by atoms with Crippen molar-refractivity contribution >= 4 is 12.1 Å². The van der Waals surface area contributed by atoms with Crippen LogP contribution in [0.4, 0.5) is 9.18 Å². The van der Waals surface area contributed by atoms with Gasteiger partial charge in [-0.15, -0.1) is 0 Å². The smallest absolute Gasteiger partial charge is 0.365 e. The van der Waals surface area contributed by atoms with Crippen molar-refractivity contribution in [3.63, 3.8) is 0 Å². The largest absolute Gasteiger partial charge is 0.498 e. The fraction of sp³-hybridized carbons (Fsp3) is 0.417. The molecule has 0 aromatic heterocycles. The van der Waals surface area contributed by atoms with Crippen LogP contribution in [-0.2, 0) is 11.4 Å². The van der Waals surface area contributed by atoms with E-state index >= 15 is 0 Å². The first-order chi connectivity index (χ1) is 14.4. The Kier molecular flexibility index (Phi) is 5.84. The molecule has 1 unspecified atom stereocenters. The van der Waals surface area contributed by atoms with E-state index in [1.807, 2.05) is 0 Å². The molecule has 0 spiro atoms. The van der Waals surface area contributed by atoms with Gasteiger partial charge in [0.05, 0.1) is 5.54 Å². The number of ether oxygens (including phenoxy) is 1. The zero-order valence-corrected chi connectivity index (χ0v) is 18.2. The number of amides is 1.